The number of nitrogens with zero attached hydrogens (tertiary/aromatic N) is 6. The van der Waals surface area contributed by atoms with Gasteiger partial charge in [0, 0.05) is 43.7 Å². The molecular weight excluding hydrogens is 435 g/mol. The van der Waals surface area contributed by atoms with Gasteiger partial charge in [-0.05, 0) is 36.2 Å². The van der Waals surface area contributed by atoms with Crippen molar-refractivity contribution in [3.63, 3.8) is 0 Å². The zero-order valence-electron chi connectivity index (χ0n) is 17.5. The van der Waals surface area contributed by atoms with E-state index in [1.165, 1.54) is 23.0 Å². The Morgan fingerprint density at radius 1 is 1.06 bits per heavy atom. The van der Waals surface area contributed by atoms with Gasteiger partial charge in [0.05, 0.1) is 29.3 Å². The number of aromatic nitrogens is 5. The summed E-state index contributed by atoms with van der Waals surface area (Å²) in [7, 11) is 0. The van der Waals surface area contributed by atoms with E-state index in [-0.39, 0.29) is 11.2 Å². The van der Waals surface area contributed by atoms with E-state index in [2.05, 4.69) is 25.4 Å². The van der Waals surface area contributed by atoms with E-state index in [1.807, 2.05) is 24.0 Å². The van der Waals surface area contributed by atoms with E-state index in [0.717, 1.165) is 29.1 Å². The summed E-state index contributed by atoms with van der Waals surface area (Å²) in [4.78, 5) is 26.6. The lowest BCUT2D eigenvalue weighted by Crippen LogP contribution is -2.33. The molecule has 0 fully saturated rings. The Labute approximate surface area is 185 Å². The van der Waals surface area contributed by atoms with Gasteiger partial charge in [-0.25, -0.2) is 4.98 Å². The summed E-state index contributed by atoms with van der Waals surface area (Å²) >= 11 is 0. The molecule has 168 valence electrons. The fraction of sp³-hybridized carbons (Fsp3) is 0.227. The maximum Gasteiger partial charge on any atom is 0.417 e. The Balaban J connectivity index is 1.43. The maximum absolute atomic E-state index is 13.0. The zero-order chi connectivity index (χ0) is 23.2. The lowest BCUT2D eigenvalue weighted by atomic mass is 10.0. The largest absolute Gasteiger partial charge is 0.417 e. The Morgan fingerprint density at radius 2 is 1.88 bits per heavy atom. The standard InChI is InChI=1S/C22H18F3N7O/c1-13-6-19-27-4-2-20(33)32(19)30-21(13)31-5-3-18-14(12-31)7-16(11-28-18)29-17-8-15(9-26-10-17)22(23,24)25/h2,4,6-11,29H,3,5,12H2,1H3. The van der Waals surface area contributed by atoms with Crippen LogP contribution in [0.1, 0.15) is 22.4 Å². The third-order valence-corrected chi connectivity index (χ3v) is 5.44. The molecule has 1 aliphatic rings. The van der Waals surface area contributed by atoms with Crippen molar-refractivity contribution in [1.82, 2.24) is 24.6 Å². The van der Waals surface area contributed by atoms with Crippen LogP contribution in [-0.2, 0) is 19.1 Å². The second-order valence-corrected chi connectivity index (χ2v) is 7.79. The molecule has 8 nitrogen and oxygen atoms in total. The minimum atomic E-state index is -4.47. The molecule has 11 heteroatoms. The van der Waals surface area contributed by atoms with Crippen molar-refractivity contribution in [2.45, 2.75) is 26.1 Å². The first-order valence-electron chi connectivity index (χ1n) is 10.2. The lowest BCUT2D eigenvalue weighted by Gasteiger charge is -2.30. The summed E-state index contributed by atoms with van der Waals surface area (Å²) in [6.45, 7) is 3.07. The normalized spacial score (nSPS) is 13.8. The fourth-order valence-corrected chi connectivity index (χ4v) is 3.86. The average molecular weight is 453 g/mol. The van der Waals surface area contributed by atoms with Crippen molar-refractivity contribution in [2.24, 2.45) is 0 Å². The number of halogens is 3. The van der Waals surface area contributed by atoms with Gasteiger partial charge in [0.1, 0.15) is 0 Å². The van der Waals surface area contributed by atoms with Gasteiger partial charge in [0.25, 0.3) is 5.56 Å². The molecule has 0 radical (unpaired) electrons. The van der Waals surface area contributed by atoms with Crippen molar-refractivity contribution in [3.05, 3.63) is 81.8 Å². The van der Waals surface area contributed by atoms with Gasteiger partial charge in [-0.3, -0.25) is 14.8 Å². The minimum Gasteiger partial charge on any atom is -0.353 e. The molecule has 1 N–H and O–H groups in total. The quantitative estimate of drug-likeness (QED) is 0.508. The summed E-state index contributed by atoms with van der Waals surface area (Å²) in [6.07, 6.45) is 1.36. The smallest absolute Gasteiger partial charge is 0.353 e. The van der Waals surface area contributed by atoms with Crippen LogP contribution in [0.15, 0.2) is 53.8 Å². The van der Waals surface area contributed by atoms with Crippen LogP contribution in [0.2, 0.25) is 0 Å². The highest BCUT2D eigenvalue weighted by molar-refractivity contribution is 5.61. The van der Waals surface area contributed by atoms with Crippen LogP contribution in [0.3, 0.4) is 0 Å². The monoisotopic (exact) mass is 453 g/mol. The molecule has 0 unspecified atom stereocenters. The van der Waals surface area contributed by atoms with E-state index in [0.29, 0.717) is 36.7 Å². The van der Waals surface area contributed by atoms with Crippen LogP contribution in [0.5, 0.6) is 0 Å². The van der Waals surface area contributed by atoms with Gasteiger partial charge in [0.15, 0.2) is 11.5 Å². The average Bonchev–Trinajstić information content (AvgIpc) is 2.78. The minimum absolute atomic E-state index is 0.221. The first-order valence-corrected chi connectivity index (χ1v) is 10.2. The predicted molar refractivity (Wildman–Crippen MR) is 116 cm³/mol. The number of hydrogen-bond acceptors (Lipinski definition) is 7. The number of nitrogens with one attached hydrogen (secondary N) is 1. The number of anilines is 3. The van der Waals surface area contributed by atoms with Crippen LogP contribution >= 0.6 is 0 Å². The number of rotatable bonds is 3. The van der Waals surface area contributed by atoms with Crippen molar-refractivity contribution in [1.29, 1.82) is 0 Å². The summed E-state index contributed by atoms with van der Waals surface area (Å²) in [5.74, 6) is 0.670. The Bertz CT molecular complexity index is 1420. The summed E-state index contributed by atoms with van der Waals surface area (Å²) in [6, 6.07) is 6.04. The van der Waals surface area contributed by atoms with E-state index >= 15 is 0 Å². The SMILES string of the molecule is Cc1cc2nccc(=O)n2nc1N1CCc2ncc(Nc3cncc(C(F)(F)F)c3)cc2C1. The van der Waals surface area contributed by atoms with Gasteiger partial charge in [-0.1, -0.05) is 0 Å². The molecule has 33 heavy (non-hydrogen) atoms. The lowest BCUT2D eigenvalue weighted by molar-refractivity contribution is -0.137. The molecule has 1 aliphatic heterocycles. The molecule has 0 atom stereocenters. The number of alkyl halides is 3. The highest BCUT2D eigenvalue weighted by Gasteiger charge is 2.31. The first-order chi connectivity index (χ1) is 15.8. The topological polar surface area (TPSA) is 88.3 Å². The summed E-state index contributed by atoms with van der Waals surface area (Å²) < 4.78 is 40.2. The molecule has 0 amide bonds. The van der Waals surface area contributed by atoms with Crippen molar-refractivity contribution < 1.29 is 13.2 Å². The number of fused-ring (bicyclic) bond motifs is 2. The Morgan fingerprint density at radius 3 is 2.70 bits per heavy atom. The fourth-order valence-electron chi connectivity index (χ4n) is 3.86. The van der Waals surface area contributed by atoms with Crippen molar-refractivity contribution in [3.8, 4) is 0 Å². The second kappa shape index (κ2) is 7.84. The molecule has 4 aromatic heterocycles. The van der Waals surface area contributed by atoms with Crippen LogP contribution in [0.4, 0.5) is 30.4 Å². The third-order valence-electron chi connectivity index (χ3n) is 5.44. The van der Waals surface area contributed by atoms with Gasteiger partial charge in [-0.2, -0.15) is 17.7 Å². The predicted octanol–water partition coefficient (Wildman–Crippen LogP) is 3.51. The van der Waals surface area contributed by atoms with Gasteiger partial charge >= 0.3 is 6.18 Å². The van der Waals surface area contributed by atoms with E-state index in [4.69, 9.17) is 0 Å². The molecule has 0 spiro atoms. The molecule has 5 heterocycles. The van der Waals surface area contributed by atoms with Gasteiger partial charge < -0.3 is 10.2 Å². The third kappa shape index (κ3) is 4.09. The molecule has 0 saturated heterocycles. The Hall–Kier alpha value is -4.02. The molecule has 0 aromatic carbocycles. The van der Waals surface area contributed by atoms with E-state index in [9.17, 15) is 18.0 Å². The molecule has 0 saturated carbocycles. The van der Waals surface area contributed by atoms with Gasteiger partial charge in [-0.15, -0.1) is 5.10 Å². The highest BCUT2D eigenvalue weighted by atomic mass is 19.4. The zero-order valence-corrected chi connectivity index (χ0v) is 17.5. The van der Waals surface area contributed by atoms with Crippen LogP contribution in [0, 0.1) is 6.92 Å². The summed E-state index contributed by atoms with van der Waals surface area (Å²) in [5, 5.41) is 7.46. The number of aryl methyl sites for hydroxylation is 1. The second-order valence-electron chi connectivity index (χ2n) is 7.79. The number of hydrogen-bond donors (Lipinski definition) is 1. The van der Waals surface area contributed by atoms with E-state index < -0.39 is 11.7 Å². The first kappa shape index (κ1) is 20.9. The van der Waals surface area contributed by atoms with Crippen LogP contribution < -0.4 is 15.8 Å². The molecule has 4 aromatic rings. The van der Waals surface area contributed by atoms with Crippen molar-refractivity contribution in [2.75, 3.05) is 16.8 Å². The Kier molecular flexibility index (Phi) is 4.95. The van der Waals surface area contributed by atoms with Crippen LogP contribution in [-0.4, -0.2) is 31.1 Å². The molecule has 0 bridgehead atoms. The van der Waals surface area contributed by atoms with E-state index in [1.54, 1.807) is 6.20 Å². The summed E-state index contributed by atoms with van der Waals surface area (Å²) in [5.41, 5.74) is 2.88. The molecular formula is C22H18F3N7O. The van der Waals surface area contributed by atoms with Crippen molar-refractivity contribution >= 4 is 22.8 Å². The highest BCUT2D eigenvalue weighted by Crippen LogP contribution is 2.31. The van der Waals surface area contributed by atoms with Crippen LogP contribution in [0.25, 0.3) is 5.65 Å². The number of pyridine rings is 2. The maximum atomic E-state index is 13.0. The molecule has 5 rings (SSSR count). The molecule has 0 aliphatic carbocycles. The van der Waals surface area contributed by atoms with Gasteiger partial charge in [0.2, 0.25) is 0 Å².